The topological polar surface area (TPSA) is 90.2 Å². The molecule has 23 heavy (non-hydrogen) atoms. The maximum absolute atomic E-state index is 12.0. The Morgan fingerprint density at radius 2 is 2.09 bits per heavy atom. The van der Waals surface area contributed by atoms with E-state index < -0.39 is 10.0 Å². The standard InChI is InChI=1S/C14H19N5O3S/c1-2-23(20,21)18-8-6-12-16-17-13(19(12)10-9-18)11-22-14-5-3-4-7-15-14/h3-5,7H,2,6,8-11H2,1H3. The number of fused-ring (bicyclic) bond motifs is 1. The fourth-order valence-electron chi connectivity index (χ4n) is 2.50. The van der Waals surface area contributed by atoms with Gasteiger partial charge in [0, 0.05) is 38.3 Å². The molecule has 0 bridgehead atoms. The van der Waals surface area contributed by atoms with Crippen molar-refractivity contribution >= 4 is 10.0 Å². The molecule has 0 radical (unpaired) electrons. The largest absolute Gasteiger partial charge is 0.469 e. The number of aromatic nitrogens is 4. The Hall–Kier alpha value is -2.00. The van der Waals surface area contributed by atoms with Crippen LogP contribution in [0.5, 0.6) is 5.88 Å². The highest BCUT2D eigenvalue weighted by molar-refractivity contribution is 7.89. The predicted octanol–water partition coefficient (Wildman–Crippen LogP) is 0.460. The maximum Gasteiger partial charge on any atom is 0.213 e. The first-order chi connectivity index (χ1) is 11.1. The van der Waals surface area contributed by atoms with Crippen molar-refractivity contribution in [2.24, 2.45) is 0 Å². The van der Waals surface area contributed by atoms with Gasteiger partial charge >= 0.3 is 0 Å². The van der Waals surface area contributed by atoms with Gasteiger partial charge in [0.25, 0.3) is 0 Å². The van der Waals surface area contributed by atoms with Gasteiger partial charge < -0.3 is 9.30 Å². The van der Waals surface area contributed by atoms with Crippen LogP contribution in [0, 0.1) is 0 Å². The molecule has 0 saturated carbocycles. The van der Waals surface area contributed by atoms with Gasteiger partial charge in [-0.05, 0) is 13.0 Å². The molecule has 9 heteroatoms. The lowest BCUT2D eigenvalue weighted by atomic mass is 10.4. The van der Waals surface area contributed by atoms with Crippen LogP contribution >= 0.6 is 0 Å². The first-order valence-electron chi connectivity index (χ1n) is 7.53. The number of sulfonamides is 1. The third kappa shape index (κ3) is 3.50. The minimum absolute atomic E-state index is 0.114. The smallest absolute Gasteiger partial charge is 0.213 e. The van der Waals surface area contributed by atoms with E-state index in [0.29, 0.717) is 37.8 Å². The fraction of sp³-hybridized carbons (Fsp3) is 0.500. The van der Waals surface area contributed by atoms with E-state index in [1.54, 1.807) is 19.2 Å². The molecule has 0 atom stereocenters. The van der Waals surface area contributed by atoms with Crippen LogP contribution in [-0.2, 0) is 29.6 Å². The Labute approximate surface area is 135 Å². The summed E-state index contributed by atoms with van der Waals surface area (Å²) >= 11 is 0. The molecule has 0 amide bonds. The molecule has 1 aliphatic heterocycles. The van der Waals surface area contributed by atoms with Gasteiger partial charge in [-0.15, -0.1) is 10.2 Å². The number of hydrogen-bond donors (Lipinski definition) is 0. The third-order valence-corrected chi connectivity index (χ3v) is 5.69. The number of hydrogen-bond acceptors (Lipinski definition) is 6. The molecule has 3 heterocycles. The normalized spacial score (nSPS) is 15.9. The van der Waals surface area contributed by atoms with Crippen LogP contribution in [0.4, 0.5) is 0 Å². The molecule has 2 aromatic rings. The van der Waals surface area contributed by atoms with Gasteiger partial charge in [-0.25, -0.2) is 13.4 Å². The summed E-state index contributed by atoms with van der Waals surface area (Å²) in [6.45, 7) is 3.31. The molecule has 3 rings (SSSR count). The summed E-state index contributed by atoms with van der Waals surface area (Å²) in [6, 6.07) is 5.44. The second-order valence-electron chi connectivity index (χ2n) is 5.19. The van der Waals surface area contributed by atoms with Crippen molar-refractivity contribution in [1.82, 2.24) is 24.1 Å². The summed E-state index contributed by atoms with van der Waals surface area (Å²) in [5.74, 6) is 2.11. The lowest BCUT2D eigenvalue weighted by molar-refractivity contribution is 0.276. The first-order valence-corrected chi connectivity index (χ1v) is 9.13. The molecule has 124 valence electrons. The van der Waals surface area contributed by atoms with Gasteiger partial charge in [-0.2, -0.15) is 4.31 Å². The SMILES string of the molecule is CCS(=O)(=O)N1CCc2nnc(COc3ccccn3)n2CC1. The van der Waals surface area contributed by atoms with Gasteiger partial charge in [0.2, 0.25) is 15.9 Å². The van der Waals surface area contributed by atoms with E-state index in [-0.39, 0.29) is 12.4 Å². The zero-order chi connectivity index (χ0) is 16.3. The Bertz CT molecular complexity index is 760. The van der Waals surface area contributed by atoms with E-state index in [4.69, 9.17) is 4.74 Å². The predicted molar refractivity (Wildman–Crippen MR) is 83.3 cm³/mol. The number of nitrogens with zero attached hydrogens (tertiary/aromatic N) is 5. The van der Waals surface area contributed by atoms with E-state index >= 15 is 0 Å². The van der Waals surface area contributed by atoms with Gasteiger partial charge in [0.15, 0.2) is 5.82 Å². The lowest BCUT2D eigenvalue weighted by Gasteiger charge is -2.18. The lowest BCUT2D eigenvalue weighted by Crippen LogP contribution is -2.34. The summed E-state index contributed by atoms with van der Waals surface area (Å²) in [5, 5.41) is 8.32. The van der Waals surface area contributed by atoms with E-state index in [0.717, 1.165) is 5.82 Å². The van der Waals surface area contributed by atoms with Crippen LogP contribution in [0.3, 0.4) is 0 Å². The van der Waals surface area contributed by atoms with Crippen molar-refractivity contribution in [3.8, 4) is 5.88 Å². The van der Waals surface area contributed by atoms with E-state index in [2.05, 4.69) is 15.2 Å². The summed E-state index contributed by atoms with van der Waals surface area (Å²) in [6.07, 6.45) is 2.21. The Kier molecular flexibility index (Phi) is 4.58. The van der Waals surface area contributed by atoms with Crippen LogP contribution in [0.15, 0.2) is 24.4 Å². The molecule has 0 aromatic carbocycles. The second kappa shape index (κ2) is 6.63. The number of rotatable bonds is 5. The molecule has 0 N–H and O–H groups in total. The van der Waals surface area contributed by atoms with Crippen LogP contribution < -0.4 is 4.74 Å². The van der Waals surface area contributed by atoms with Gasteiger partial charge in [0.05, 0.1) is 5.75 Å². The van der Waals surface area contributed by atoms with Crippen LogP contribution in [-0.4, -0.2) is 51.3 Å². The first kappa shape index (κ1) is 15.9. The van der Waals surface area contributed by atoms with Crippen molar-refractivity contribution in [1.29, 1.82) is 0 Å². The minimum atomic E-state index is -3.18. The molecule has 0 unspecified atom stereocenters. The molecular formula is C14H19N5O3S. The molecule has 0 spiro atoms. The molecule has 0 fully saturated rings. The zero-order valence-corrected chi connectivity index (χ0v) is 13.7. The van der Waals surface area contributed by atoms with E-state index in [1.807, 2.05) is 16.7 Å². The van der Waals surface area contributed by atoms with Gasteiger partial charge in [0.1, 0.15) is 12.4 Å². The van der Waals surface area contributed by atoms with E-state index in [9.17, 15) is 8.42 Å². The van der Waals surface area contributed by atoms with E-state index in [1.165, 1.54) is 4.31 Å². The number of pyridine rings is 1. The summed E-state index contributed by atoms with van der Waals surface area (Å²) < 4.78 is 33.1. The van der Waals surface area contributed by atoms with Crippen LogP contribution in [0.1, 0.15) is 18.6 Å². The van der Waals surface area contributed by atoms with Gasteiger partial charge in [-0.3, -0.25) is 0 Å². The highest BCUT2D eigenvalue weighted by Gasteiger charge is 2.25. The second-order valence-corrected chi connectivity index (χ2v) is 7.45. The molecular weight excluding hydrogens is 318 g/mol. The molecule has 0 aliphatic carbocycles. The van der Waals surface area contributed by atoms with Crippen molar-refractivity contribution in [2.75, 3.05) is 18.8 Å². The Morgan fingerprint density at radius 3 is 2.83 bits per heavy atom. The highest BCUT2D eigenvalue weighted by Crippen LogP contribution is 2.14. The number of ether oxygens (including phenoxy) is 1. The monoisotopic (exact) mass is 337 g/mol. The van der Waals surface area contributed by atoms with Crippen molar-refractivity contribution < 1.29 is 13.2 Å². The highest BCUT2D eigenvalue weighted by atomic mass is 32.2. The zero-order valence-electron chi connectivity index (χ0n) is 12.9. The van der Waals surface area contributed by atoms with Crippen molar-refractivity contribution in [3.63, 3.8) is 0 Å². The Morgan fingerprint density at radius 1 is 1.22 bits per heavy atom. The molecule has 1 aliphatic rings. The van der Waals surface area contributed by atoms with Crippen LogP contribution in [0.25, 0.3) is 0 Å². The van der Waals surface area contributed by atoms with Crippen LogP contribution in [0.2, 0.25) is 0 Å². The van der Waals surface area contributed by atoms with Crippen molar-refractivity contribution in [3.05, 3.63) is 36.0 Å². The summed E-state index contributed by atoms with van der Waals surface area (Å²) in [5.41, 5.74) is 0. The maximum atomic E-state index is 12.0. The minimum Gasteiger partial charge on any atom is -0.469 e. The third-order valence-electron chi connectivity index (χ3n) is 3.81. The van der Waals surface area contributed by atoms with Crippen molar-refractivity contribution in [2.45, 2.75) is 26.5 Å². The molecule has 2 aromatic heterocycles. The molecule has 0 saturated heterocycles. The van der Waals surface area contributed by atoms with Gasteiger partial charge in [-0.1, -0.05) is 6.07 Å². The fourth-order valence-corrected chi connectivity index (χ4v) is 3.60. The summed E-state index contributed by atoms with van der Waals surface area (Å²) in [4.78, 5) is 4.10. The molecule has 8 nitrogen and oxygen atoms in total. The average molecular weight is 337 g/mol. The Balaban J connectivity index is 1.70. The quantitative estimate of drug-likeness (QED) is 0.787. The average Bonchev–Trinajstić information content (AvgIpc) is 2.82. The summed E-state index contributed by atoms with van der Waals surface area (Å²) in [7, 11) is -3.18.